The molecule has 0 spiro atoms. The van der Waals surface area contributed by atoms with Crippen LogP contribution in [0.4, 0.5) is 0 Å². The normalized spacial score (nSPS) is 24.1. The lowest BCUT2D eigenvalue weighted by Crippen LogP contribution is -2.39. The molecule has 1 heterocycles. The minimum Gasteiger partial charge on any atom is -0.314 e. The summed E-state index contributed by atoms with van der Waals surface area (Å²) in [5, 5.41) is 5.96. The van der Waals surface area contributed by atoms with E-state index in [1.54, 1.807) is 0 Å². The molecular formula is C18H30BrNS. The summed E-state index contributed by atoms with van der Waals surface area (Å²) in [5.74, 6) is 1.88. The fraction of sp³-hybridized carbons (Fsp3) is 0.778. The van der Waals surface area contributed by atoms with Crippen LogP contribution in [-0.4, -0.2) is 12.6 Å². The van der Waals surface area contributed by atoms with Gasteiger partial charge >= 0.3 is 0 Å². The molecule has 1 atom stereocenters. The molecular weight excluding hydrogens is 342 g/mol. The third-order valence-corrected chi connectivity index (χ3v) is 6.94. The molecule has 2 rings (SSSR count). The number of halogens is 1. The lowest BCUT2D eigenvalue weighted by molar-refractivity contribution is 0.212. The predicted molar refractivity (Wildman–Crippen MR) is 98.2 cm³/mol. The van der Waals surface area contributed by atoms with Gasteiger partial charge in [0.2, 0.25) is 0 Å². The van der Waals surface area contributed by atoms with Crippen LogP contribution in [0.15, 0.2) is 15.9 Å². The fourth-order valence-corrected chi connectivity index (χ4v) is 5.28. The molecule has 1 aliphatic rings. The Bertz CT molecular complexity index is 396. The maximum absolute atomic E-state index is 3.76. The summed E-state index contributed by atoms with van der Waals surface area (Å²) >= 11 is 5.58. The topological polar surface area (TPSA) is 12.0 Å². The van der Waals surface area contributed by atoms with E-state index in [0.29, 0.717) is 6.04 Å². The second-order valence-electron chi connectivity index (χ2n) is 6.48. The number of hydrogen-bond donors (Lipinski definition) is 1. The van der Waals surface area contributed by atoms with Crippen LogP contribution in [0.5, 0.6) is 0 Å². The summed E-state index contributed by atoms with van der Waals surface area (Å²) in [6, 6.07) is 2.85. The van der Waals surface area contributed by atoms with Crippen molar-refractivity contribution in [2.45, 2.75) is 71.3 Å². The first-order valence-electron chi connectivity index (χ1n) is 8.69. The third-order valence-electron chi connectivity index (χ3n) is 4.99. The summed E-state index contributed by atoms with van der Waals surface area (Å²) in [4.78, 5) is 1.51. The van der Waals surface area contributed by atoms with Crippen molar-refractivity contribution >= 4 is 27.3 Å². The van der Waals surface area contributed by atoms with Crippen molar-refractivity contribution in [1.82, 2.24) is 5.32 Å². The van der Waals surface area contributed by atoms with Crippen LogP contribution in [0.2, 0.25) is 0 Å². The highest BCUT2D eigenvalue weighted by Gasteiger charge is 2.27. The zero-order valence-electron chi connectivity index (χ0n) is 13.5. The summed E-state index contributed by atoms with van der Waals surface area (Å²) in [5.41, 5.74) is 0. The molecule has 1 nitrogen and oxygen atoms in total. The van der Waals surface area contributed by atoms with Crippen LogP contribution < -0.4 is 5.32 Å². The van der Waals surface area contributed by atoms with Crippen LogP contribution in [0.1, 0.15) is 63.7 Å². The molecule has 0 amide bonds. The van der Waals surface area contributed by atoms with Gasteiger partial charge in [-0.05, 0) is 65.0 Å². The molecule has 1 N–H and O–H groups in total. The molecule has 21 heavy (non-hydrogen) atoms. The highest BCUT2D eigenvalue weighted by Crippen LogP contribution is 2.35. The van der Waals surface area contributed by atoms with E-state index in [2.05, 4.69) is 46.5 Å². The first kappa shape index (κ1) is 17.5. The number of hydrogen-bond acceptors (Lipinski definition) is 2. The molecule has 1 aromatic rings. The maximum atomic E-state index is 3.76. The Labute approximate surface area is 143 Å². The van der Waals surface area contributed by atoms with Gasteiger partial charge in [-0.1, -0.05) is 46.0 Å². The van der Waals surface area contributed by atoms with Gasteiger partial charge < -0.3 is 5.32 Å². The van der Waals surface area contributed by atoms with E-state index < -0.39 is 0 Å². The highest BCUT2D eigenvalue weighted by atomic mass is 79.9. The standard InChI is InChI=1S/C18H30BrNS/c1-3-5-6-14-7-9-15(10-8-14)17(20-4-2)13-18-16(19)11-12-21-18/h11-12,14-15,17,20H,3-10,13H2,1-2H3. The minimum absolute atomic E-state index is 0.664. The third kappa shape index (κ3) is 5.37. The molecule has 1 fully saturated rings. The van der Waals surface area contributed by atoms with Crippen molar-refractivity contribution < 1.29 is 0 Å². The van der Waals surface area contributed by atoms with E-state index >= 15 is 0 Å². The molecule has 1 unspecified atom stereocenters. The molecule has 1 saturated carbocycles. The Kier molecular flexibility index (Phi) is 7.76. The van der Waals surface area contributed by atoms with Gasteiger partial charge in [-0.2, -0.15) is 0 Å². The molecule has 0 radical (unpaired) electrons. The van der Waals surface area contributed by atoms with Crippen LogP contribution in [0, 0.1) is 11.8 Å². The second kappa shape index (κ2) is 9.32. The number of nitrogens with one attached hydrogen (secondary N) is 1. The number of unbranched alkanes of at least 4 members (excludes halogenated alkanes) is 1. The SMILES string of the molecule is CCCCC1CCC(C(Cc2sccc2Br)NCC)CC1. The summed E-state index contributed by atoms with van der Waals surface area (Å²) in [6.07, 6.45) is 11.2. The summed E-state index contributed by atoms with van der Waals surface area (Å²) < 4.78 is 1.30. The molecule has 0 aliphatic heterocycles. The molecule has 1 aromatic heterocycles. The Morgan fingerprint density at radius 2 is 2.05 bits per heavy atom. The smallest absolute Gasteiger partial charge is 0.0314 e. The van der Waals surface area contributed by atoms with E-state index in [4.69, 9.17) is 0 Å². The molecule has 1 aliphatic carbocycles. The van der Waals surface area contributed by atoms with Crippen molar-refractivity contribution in [3.63, 3.8) is 0 Å². The van der Waals surface area contributed by atoms with Crippen LogP contribution in [0.25, 0.3) is 0 Å². The zero-order valence-corrected chi connectivity index (χ0v) is 15.9. The molecule has 0 bridgehead atoms. The van der Waals surface area contributed by atoms with Crippen molar-refractivity contribution in [1.29, 1.82) is 0 Å². The van der Waals surface area contributed by atoms with Gasteiger partial charge in [0, 0.05) is 15.4 Å². The van der Waals surface area contributed by atoms with E-state index in [-0.39, 0.29) is 0 Å². The van der Waals surface area contributed by atoms with Gasteiger partial charge in [0.05, 0.1) is 0 Å². The summed E-state index contributed by atoms with van der Waals surface area (Å²) in [7, 11) is 0. The van der Waals surface area contributed by atoms with E-state index in [1.165, 1.54) is 60.7 Å². The van der Waals surface area contributed by atoms with Crippen molar-refractivity contribution in [2.75, 3.05) is 6.54 Å². The van der Waals surface area contributed by atoms with Gasteiger partial charge in [0.15, 0.2) is 0 Å². The van der Waals surface area contributed by atoms with Crippen LogP contribution in [0.3, 0.4) is 0 Å². The maximum Gasteiger partial charge on any atom is 0.0314 e. The Morgan fingerprint density at radius 1 is 1.29 bits per heavy atom. The molecule has 0 saturated heterocycles. The highest BCUT2D eigenvalue weighted by molar-refractivity contribution is 9.10. The van der Waals surface area contributed by atoms with Gasteiger partial charge in [-0.15, -0.1) is 11.3 Å². The molecule has 3 heteroatoms. The van der Waals surface area contributed by atoms with E-state index in [9.17, 15) is 0 Å². The quantitative estimate of drug-likeness (QED) is 0.588. The van der Waals surface area contributed by atoms with Crippen LogP contribution >= 0.6 is 27.3 Å². The fourth-order valence-electron chi connectivity index (χ4n) is 3.71. The van der Waals surface area contributed by atoms with E-state index in [0.717, 1.165) is 18.4 Å². The monoisotopic (exact) mass is 371 g/mol. The first-order valence-corrected chi connectivity index (χ1v) is 10.4. The lowest BCUT2D eigenvalue weighted by atomic mass is 9.76. The van der Waals surface area contributed by atoms with Gasteiger partial charge in [-0.3, -0.25) is 0 Å². The number of thiophene rings is 1. The van der Waals surface area contributed by atoms with Crippen molar-refractivity contribution in [3.05, 3.63) is 20.8 Å². The Balaban J connectivity index is 1.86. The number of likely N-dealkylation sites (N-methyl/N-ethyl adjacent to an activating group) is 1. The predicted octanol–water partition coefficient (Wildman–Crippen LogP) is 6.03. The Hall–Kier alpha value is 0.140. The van der Waals surface area contributed by atoms with Crippen molar-refractivity contribution in [2.24, 2.45) is 11.8 Å². The molecule has 120 valence electrons. The van der Waals surface area contributed by atoms with Gasteiger partial charge in [-0.25, -0.2) is 0 Å². The molecule has 0 aromatic carbocycles. The number of rotatable bonds is 8. The van der Waals surface area contributed by atoms with Crippen molar-refractivity contribution in [3.8, 4) is 0 Å². The lowest BCUT2D eigenvalue weighted by Gasteiger charge is -2.34. The Morgan fingerprint density at radius 3 is 2.62 bits per heavy atom. The first-order chi connectivity index (χ1) is 10.2. The van der Waals surface area contributed by atoms with Crippen LogP contribution in [-0.2, 0) is 6.42 Å². The zero-order chi connectivity index (χ0) is 15.1. The second-order valence-corrected chi connectivity index (χ2v) is 8.34. The average Bonchev–Trinajstić information content (AvgIpc) is 2.90. The minimum atomic E-state index is 0.664. The summed E-state index contributed by atoms with van der Waals surface area (Å²) in [6.45, 7) is 5.64. The largest absolute Gasteiger partial charge is 0.314 e. The average molecular weight is 372 g/mol. The van der Waals surface area contributed by atoms with Gasteiger partial charge in [0.1, 0.15) is 0 Å². The van der Waals surface area contributed by atoms with E-state index in [1.807, 2.05) is 11.3 Å². The van der Waals surface area contributed by atoms with Gasteiger partial charge in [0.25, 0.3) is 0 Å².